The highest BCUT2D eigenvalue weighted by atomic mass is 32.2. The summed E-state index contributed by atoms with van der Waals surface area (Å²) in [6.45, 7) is 1.76. The Kier molecular flexibility index (Phi) is 5.33. The molecule has 0 unspecified atom stereocenters. The number of rotatable bonds is 5. The zero-order chi connectivity index (χ0) is 16.1. The highest BCUT2D eigenvalue weighted by Crippen LogP contribution is 2.28. The number of nitrogens with zero attached hydrogens (tertiary/aromatic N) is 2. The zero-order valence-electron chi connectivity index (χ0n) is 13.2. The third-order valence-corrected chi connectivity index (χ3v) is 4.92. The minimum Gasteiger partial charge on any atom is -0.349 e. The summed E-state index contributed by atoms with van der Waals surface area (Å²) in [7, 11) is 0. The normalized spacial score (nSPS) is 17.3. The van der Waals surface area contributed by atoms with E-state index in [0.29, 0.717) is 23.2 Å². The Bertz CT molecular complexity index is 671. The van der Waals surface area contributed by atoms with E-state index in [1.54, 1.807) is 6.92 Å². The lowest BCUT2D eigenvalue weighted by Crippen LogP contribution is -2.30. The van der Waals surface area contributed by atoms with Crippen molar-refractivity contribution in [2.75, 3.05) is 5.75 Å². The highest BCUT2D eigenvalue weighted by molar-refractivity contribution is 7.99. The number of carbonyl (C=O) groups excluding carboxylic acids is 1. The molecule has 1 heterocycles. The summed E-state index contributed by atoms with van der Waals surface area (Å²) in [6.07, 6.45) is 4.45. The monoisotopic (exact) mass is 331 g/mol. The van der Waals surface area contributed by atoms with Crippen molar-refractivity contribution < 1.29 is 9.32 Å². The van der Waals surface area contributed by atoms with Gasteiger partial charge in [0, 0.05) is 6.92 Å². The Labute approximate surface area is 140 Å². The molecule has 0 aliphatic heterocycles. The van der Waals surface area contributed by atoms with E-state index >= 15 is 0 Å². The van der Waals surface area contributed by atoms with Crippen LogP contribution in [0.3, 0.4) is 0 Å². The Morgan fingerprint density at radius 1 is 1.39 bits per heavy atom. The van der Waals surface area contributed by atoms with Gasteiger partial charge in [-0.3, -0.25) is 4.79 Å². The number of nitrogens with one attached hydrogen (secondary N) is 1. The van der Waals surface area contributed by atoms with Crippen LogP contribution in [0.1, 0.15) is 48.1 Å². The number of amides is 1. The summed E-state index contributed by atoms with van der Waals surface area (Å²) in [5.41, 5.74) is 2.64. The van der Waals surface area contributed by atoms with Crippen LogP contribution in [0.2, 0.25) is 0 Å². The molecule has 1 N–H and O–H groups in total. The minimum atomic E-state index is 0.0666. The maximum atomic E-state index is 12.2. The molecule has 122 valence electrons. The van der Waals surface area contributed by atoms with E-state index in [2.05, 4.69) is 39.7 Å². The third kappa shape index (κ3) is 4.34. The second kappa shape index (κ2) is 7.64. The molecule has 2 aromatic rings. The van der Waals surface area contributed by atoms with E-state index in [9.17, 15) is 4.79 Å². The molecular weight excluding hydrogens is 310 g/mol. The van der Waals surface area contributed by atoms with Gasteiger partial charge >= 0.3 is 0 Å². The zero-order valence-corrected chi connectivity index (χ0v) is 14.1. The van der Waals surface area contributed by atoms with Gasteiger partial charge in [-0.2, -0.15) is 4.98 Å². The molecule has 1 aromatic carbocycles. The Morgan fingerprint density at radius 2 is 2.26 bits per heavy atom. The van der Waals surface area contributed by atoms with Gasteiger partial charge in [0.05, 0.1) is 17.5 Å². The second-order valence-corrected chi connectivity index (χ2v) is 6.77. The van der Waals surface area contributed by atoms with Gasteiger partial charge in [-0.1, -0.05) is 35.8 Å². The molecule has 0 fully saturated rings. The van der Waals surface area contributed by atoms with Crippen molar-refractivity contribution in [3.05, 3.63) is 47.1 Å². The second-order valence-electron chi connectivity index (χ2n) is 5.79. The molecule has 1 aromatic heterocycles. The summed E-state index contributed by atoms with van der Waals surface area (Å²) in [5.74, 6) is 2.26. The Hall–Kier alpha value is -1.82. The SMILES string of the molecule is Cc1nc(CSCC(=O)N[C@H]2CCCCc3ccccc32)no1. The van der Waals surface area contributed by atoms with Gasteiger partial charge in [0.25, 0.3) is 0 Å². The van der Waals surface area contributed by atoms with Crippen LogP contribution in [-0.2, 0) is 17.0 Å². The molecule has 0 saturated carbocycles. The van der Waals surface area contributed by atoms with E-state index < -0.39 is 0 Å². The van der Waals surface area contributed by atoms with Crippen molar-refractivity contribution >= 4 is 17.7 Å². The lowest BCUT2D eigenvalue weighted by Gasteiger charge is -2.19. The van der Waals surface area contributed by atoms with Gasteiger partial charge in [0.1, 0.15) is 0 Å². The predicted molar refractivity (Wildman–Crippen MR) is 90.1 cm³/mol. The lowest BCUT2D eigenvalue weighted by atomic mass is 9.99. The maximum Gasteiger partial charge on any atom is 0.230 e. The fourth-order valence-corrected chi connectivity index (χ4v) is 3.61. The van der Waals surface area contributed by atoms with Crippen LogP contribution in [0.5, 0.6) is 0 Å². The van der Waals surface area contributed by atoms with Crippen LogP contribution in [0.15, 0.2) is 28.8 Å². The quantitative estimate of drug-likeness (QED) is 0.852. The van der Waals surface area contributed by atoms with Crippen molar-refractivity contribution in [1.29, 1.82) is 0 Å². The topological polar surface area (TPSA) is 68.0 Å². The van der Waals surface area contributed by atoms with Crippen LogP contribution in [0, 0.1) is 6.92 Å². The number of hydrogen-bond acceptors (Lipinski definition) is 5. The molecule has 1 aliphatic rings. The summed E-state index contributed by atoms with van der Waals surface area (Å²) in [5, 5.41) is 7.01. The molecule has 0 saturated heterocycles. The Balaban J connectivity index is 1.53. The minimum absolute atomic E-state index is 0.0666. The number of thioether (sulfide) groups is 1. The molecule has 23 heavy (non-hydrogen) atoms. The molecular formula is C17H21N3O2S. The first-order valence-electron chi connectivity index (χ1n) is 7.96. The number of aromatic nitrogens is 2. The predicted octanol–water partition coefficient (Wildman–Crippen LogP) is 3.20. The molecule has 5 nitrogen and oxygen atoms in total. The van der Waals surface area contributed by atoms with Crippen molar-refractivity contribution in [2.45, 2.75) is 44.4 Å². The summed E-state index contributed by atoms with van der Waals surface area (Å²) in [6, 6.07) is 8.57. The molecule has 0 spiro atoms. The average Bonchev–Trinajstić information content (AvgIpc) is 2.85. The summed E-state index contributed by atoms with van der Waals surface area (Å²) >= 11 is 1.51. The van der Waals surface area contributed by atoms with Crippen LogP contribution >= 0.6 is 11.8 Å². The number of benzene rings is 1. The molecule has 6 heteroatoms. The first-order chi connectivity index (χ1) is 11.2. The number of aryl methyl sites for hydroxylation is 2. The lowest BCUT2D eigenvalue weighted by molar-refractivity contribution is -0.119. The van der Waals surface area contributed by atoms with Gasteiger partial charge in [-0.25, -0.2) is 0 Å². The fraction of sp³-hybridized carbons (Fsp3) is 0.471. The van der Waals surface area contributed by atoms with Gasteiger partial charge in [-0.05, 0) is 30.4 Å². The highest BCUT2D eigenvalue weighted by Gasteiger charge is 2.20. The molecule has 1 atom stereocenters. The summed E-state index contributed by atoms with van der Waals surface area (Å²) < 4.78 is 4.92. The van der Waals surface area contributed by atoms with E-state index in [1.807, 2.05) is 0 Å². The first kappa shape index (κ1) is 16.1. The van der Waals surface area contributed by atoms with Crippen molar-refractivity contribution in [1.82, 2.24) is 15.5 Å². The Morgan fingerprint density at radius 3 is 3.09 bits per heavy atom. The van der Waals surface area contributed by atoms with Crippen LogP contribution < -0.4 is 5.32 Å². The van der Waals surface area contributed by atoms with Crippen LogP contribution in [0.25, 0.3) is 0 Å². The molecule has 1 amide bonds. The summed E-state index contributed by atoms with van der Waals surface area (Å²) in [4.78, 5) is 16.4. The molecule has 1 aliphatic carbocycles. The molecule has 0 bridgehead atoms. The van der Waals surface area contributed by atoms with Gasteiger partial charge < -0.3 is 9.84 Å². The van der Waals surface area contributed by atoms with Crippen molar-refractivity contribution in [3.8, 4) is 0 Å². The third-order valence-electron chi connectivity index (χ3n) is 3.99. The maximum absolute atomic E-state index is 12.2. The first-order valence-corrected chi connectivity index (χ1v) is 9.12. The molecule has 3 rings (SSSR count). The van der Waals surface area contributed by atoms with Crippen LogP contribution in [-0.4, -0.2) is 21.8 Å². The fourth-order valence-electron chi connectivity index (χ4n) is 2.94. The number of fused-ring (bicyclic) bond motifs is 1. The van der Waals surface area contributed by atoms with E-state index in [0.717, 1.165) is 19.3 Å². The van der Waals surface area contributed by atoms with E-state index in [1.165, 1.54) is 29.3 Å². The largest absolute Gasteiger partial charge is 0.349 e. The van der Waals surface area contributed by atoms with Crippen molar-refractivity contribution in [3.63, 3.8) is 0 Å². The van der Waals surface area contributed by atoms with Crippen LogP contribution in [0.4, 0.5) is 0 Å². The van der Waals surface area contributed by atoms with Gasteiger partial charge in [0.2, 0.25) is 11.8 Å². The number of carbonyl (C=O) groups is 1. The standard InChI is InChI=1S/C17H21N3O2S/c1-12-18-16(20-22-12)10-23-11-17(21)19-15-9-5-3-7-13-6-2-4-8-14(13)15/h2,4,6,8,15H,3,5,7,9-11H2,1H3,(H,19,21)/t15-/m0/s1. The average molecular weight is 331 g/mol. The number of hydrogen-bond donors (Lipinski definition) is 1. The van der Waals surface area contributed by atoms with E-state index in [-0.39, 0.29) is 11.9 Å². The van der Waals surface area contributed by atoms with Gasteiger partial charge in [-0.15, -0.1) is 11.8 Å². The van der Waals surface area contributed by atoms with Gasteiger partial charge in [0.15, 0.2) is 5.82 Å². The van der Waals surface area contributed by atoms with Crippen molar-refractivity contribution in [2.24, 2.45) is 0 Å². The smallest absolute Gasteiger partial charge is 0.230 e. The molecule has 0 radical (unpaired) electrons. The van der Waals surface area contributed by atoms with E-state index in [4.69, 9.17) is 4.52 Å².